The number of carbonyl (C=O) groups is 2. The molecular formula is C26H24N2O6. The van der Waals surface area contributed by atoms with Crippen molar-refractivity contribution in [2.75, 3.05) is 21.3 Å². The predicted molar refractivity (Wildman–Crippen MR) is 125 cm³/mol. The van der Waals surface area contributed by atoms with Gasteiger partial charge in [-0.15, -0.1) is 0 Å². The van der Waals surface area contributed by atoms with Crippen molar-refractivity contribution in [2.24, 2.45) is 0 Å². The number of likely N-dealkylation sites (tertiary alicyclic amines) is 1. The summed E-state index contributed by atoms with van der Waals surface area (Å²) in [6.45, 7) is 0.136. The van der Waals surface area contributed by atoms with E-state index < -0.39 is 17.7 Å². The number of hydrogen-bond acceptors (Lipinski definition) is 7. The summed E-state index contributed by atoms with van der Waals surface area (Å²) in [5.41, 5.74) is 1.73. The summed E-state index contributed by atoms with van der Waals surface area (Å²) < 4.78 is 15.9. The maximum absolute atomic E-state index is 13.2. The zero-order chi connectivity index (χ0) is 24.2. The molecule has 1 aliphatic heterocycles. The molecule has 8 nitrogen and oxygen atoms in total. The van der Waals surface area contributed by atoms with Gasteiger partial charge in [-0.2, -0.15) is 0 Å². The molecule has 1 atom stereocenters. The number of Topliss-reactive ketones (excluding diaryl/α,β-unsaturated/α-hetero) is 1. The minimum Gasteiger partial charge on any atom is -0.507 e. The van der Waals surface area contributed by atoms with E-state index in [0.29, 0.717) is 28.4 Å². The summed E-state index contributed by atoms with van der Waals surface area (Å²) >= 11 is 0. The number of nitrogens with zero attached hydrogens (tertiary/aromatic N) is 2. The summed E-state index contributed by atoms with van der Waals surface area (Å²) in [5, 5.41) is 11.2. The molecule has 0 unspecified atom stereocenters. The Labute approximate surface area is 197 Å². The highest BCUT2D eigenvalue weighted by Crippen LogP contribution is 2.42. The lowest BCUT2D eigenvalue weighted by Gasteiger charge is -2.26. The predicted octanol–water partition coefficient (Wildman–Crippen LogP) is 3.73. The van der Waals surface area contributed by atoms with Gasteiger partial charge in [0.2, 0.25) is 0 Å². The van der Waals surface area contributed by atoms with E-state index >= 15 is 0 Å². The van der Waals surface area contributed by atoms with Crippen molar-refractivity contribution in [3.05, 3.63) is 89.3 Å². The molecule has 0 aliphatic carbocycles. The minimum absolute atomic E-state index is 0.00808. The molecule has 8 heteroatoms. The molecule has 0 saturated carbocycles. The van der Waals surface area contributed by atoms with Crippen molar-refractivity contribution in [1.82, 2.24) is 9.88 Å². The van der Waals surface area contributed by atoms with Crippen LogP contribution in [0.4, 0.5) is 0 Å². The molecular weight excluding hydrogens is 436 g/mol. The first-order chi connectivity index (χ1) is 16.5. The molecule has 1 fully saturated rings. The number of aliphatic hydroxyl groups excluding tert-OH is 1. The first kappa shape index (κ1) is 22.8. The molecule has 0 radical (unpaired) electrons. The Morgan fingerprint density at radius 2 is 1.71 bits per heavy atom. The first-order valence-electron chi connectivity index (χ1n) is 10.5. The smallest absolute Gasteiger partial charge is 0.295 e. The quantitative estimate of drug-likeness (QED) is 0.326. The third kappa shape index (κ3) is 4.17. The molecule has 0 bridgehead atoms. The second-order valence-electron chi connectivity index (χ2n) is 7.63. The third-order valence-electron chi connectivity index (χ3n) is 5.70. The van der Waals surface area contributed by atoms with E-state index in [-0.39, 0.29) is 17.9 Å². The van der Waals surface area contributed by atoms with Crippen LogP contribution in [0.3, 0.4) is 0 Å². The van der Waals surface area contributed by atoms with Crippen LogP contribution in [-0.4, -0.2) is 48.0 Å². The Morgan fingerprint density at radius 1 is 0.971 bits per heavy atom. The van der Waals surface area contributed by atoms with Crippen molar-refractivity contribution in [2.45, 2.75) is 12.6 Å². The standard InChI is InChI=1S/C26H24N2O6/c1-32-19-9-6-17(7-10-19)24(29)22-23(18-8-11-20(33-2)21(13-18)34-3)28(26(31)25(22)30)15-16-5-4-12-27-14-16/h4-14,23,29H,15H2,1-3H3/t23-/m0/s1. The van der Waals surface area contributed by atoms with Crippen LogP contribution in [0.2, 0.25) is 0 Å². The van der Waals surface area contributed by atoms with Crippen LogP contribution in [0.1, 0.15) is 22.7 Å². The van der Waals surface area contributed by atoms with E-state index in [1.807, 2.05) is 6.07 Å². The number of methoxy groups -OCH3 is 3. The van der Waals surface area contributed by atoms with Gasteiger partial charge in [-0.1, -0.05) is 12.1 Å². The number of ether oxygens (including phenoxy) is 3. The highest BCUT2D eigenvalue weighted by molar-refractivity contribution is 6.46. The van der Waals surface area contributed by atoms with E-state index in [0.717, 1.165) is 5.56 Å². The molecule has 1 N–H and O–H groups in total. The van der Waals surface area contributed by atoms with Crippen molar-refractivity contribution >= 4 is 17.4 Å². The lowest BCUT2D eigenvalue weighted by Crippen LogP contribution is -2.29. The van der Waals surface area contributed by atoms with Crippen LogP contribution in [0.5, 0.6) is 17.2 Å². The normalized spacial score (nSPS) is 17.0. The lowest BCUT2D eigenvalue weighted by atomic mass is 9.94. The van der Waals surface area contributed by atoms with Crippen LogP contribution < -0.4 is 14.2 Å². The van der Waals surface area contributed by atoms with Crippen molar-refractivity contribution in [3.8, 4) is 17.2 Å². The van der Waals surface area contributed by atoms with Crippen LogP contribution in [0.15, 0.2) is 72.6 Å². The van der Waals surface area contributed by atoms with Gasteiger partial charge < -0.3 is 24.2 Å². The third-order valence-corrected chi connectivity index (χ3v) is 5.70. The molecule has 2 aromatic carbocycles. The zero-order valence-corrected chi connectivity index (χ0v) is 19.0. The van der Waals surface area contributed by atoms with Crippen molar-refractivity contribution in [3.63, 3.8) is 0 Å². The molecule has 4 rings (SSSR count). The van der Waals surface area contributed by atoms with Gasteiger partial charge in [-0.25, -0.2) is 0 Å². The highest BCUT2D eigenvalue weighted by Gasteiger charge is 2.46. The summed E-state index contributed by atoms with van der Waals surface area (Å²) in [4.78, 5) is 31.9. The molecule has 1 amide bonds. The number of aromatic nitrogens is 1. The van der Waals surface area contributed by atoms with Gasteiger partial charge in [0.1, 0.15) is 11.5 Å². The van der Waals surface area contributed by atoms with Gasteiger partial charge in [-0.3, -0.25) is 14.6 Å². The first-order valence-corrected chi connectivity index (χ1v) is 10.5. The molecule has 3 aromatic rings. The largest absolute Gasteiger partial charge is 0.507 e. The second kappa shape index (κ2) is 9.66. The van der Waals surface area contributed by atoms with Gasteiger partial charge in [0.05, 0.1) is 32.9 Å². The Balaban J connectivity index is 1.87. The Morgan fingerprint density at radius 3 is 2.32 bits per heavy atom. The fourth-order valence-corrected chi connectivity index (χ4v) is 4.01. The Kier molecular flexibility index (Phi) is 6.49. The van der Waals surface area contributed by atoms with Crippen LogP contribution >= 0.6 is 0 Å². The van der Waals surface area contributed by atoms with Gasteiger partial charge in [0.15, 0.2) is 11.5 Å². The van der Waals surface area contributed by atoms with Gasteiger partial charge in [0.25, 0.3) is 11.7 Å². The van der Waals surface area contributed by atoms with E-state index in [9.17, 15) is 14.7 Å². The van der Waals surface area contributed by atoms with Gasteiger partial charge in [-0.05, 0) is 53.6 Å². The summed E-state index contributed by atoms with van der Waals surface area (Å²) in [7, 11) is 4.57. The molecule has 1 saturated heterocycles. The number of carbonyl (C=O) groups excluding carboxylic acids is 2. The molecule has 174 valence electrons. The second-order valence-corrected chi connectivity index (χ2v) is 7.63. The fourth-order valence-electron chi connectivity index (χ4n) is 4.01. The SMILES string of the molecule is COc1ccc(C(O)=C2C(=O)C(=O)N(Cc3cccnc3)[C@H]2c2ccc(OC)c(OC)c2)cc1. The summed E-state index contributed by atoms with van der Waals surface area (Å²) in [5.74, 6) is -0.197. The van der Waals surface area contributed by atoms with E-state index in [4.69, 9.17) is 14.2 Å². The molecule has 2 heterocycles. The maximum atomic E-state index is 13.2. The highest BCUT2D eigenvalue weighted by atomic mass is 16.5. The number of rotatable bonds is 7. The maximum Gasteiger partial charge on any atom is 0.295 e. The minimum atomic E-state index is -0.845. The molecule has 1 aromatic heterocycles. The fraction of sp³-hybridized carbons (Fsp3) is 0.192. The van der Waals surface area contributed by atoms with Crippen LogP contribution in [0, 0.1) is 0 Å². The zero-order valence-electron chi connectivity index (χ0n) is 19.0. The number of aliphatic hydroxyl groups is 1. The monoisotopic (exact) mass is 460 g/mol. The van der Waals surface area contributed by atoms with Crippen molar-refractivity contribution in [1.29, 1.82) is 0 Å². The Hall–Kier alpha value is -4.33. The van der Waals surface area contributed by atoms with Crippen molar-refractivity contribution < 1.29 is 28.9 Å². The average molecular weight is 460 g/mol. The van der Waals surface area contributed by atoms with Gasteiger partial charge in [0, 0.05) is 24.5 Å². The number of amides is 1. The molecule has 1 aliphatic rings. The number of benzene rings is 2. The lowest BCUT2D eigenvalue weighted by molar-refractivity contribution is -0.140. The molecule has 34 heavy (non-hydrogen) atoms. The number of ketones is 1. The summed E-state index contributed by atoms with van der Waals surface area (Å²) in [6, 6.07) is 14.5. The summed E-state index contributed by atoms with van der Waals surface area (Å²) in [6.07, 6.45) is 3.27. The topological polar surface area (TPSA) is 98.2 Å². The number of hydrogen-bond donors (Lipinski definition) is 1. The van der Waals surface area contributed by atoms with E-state index in [1.54, 1.807) is 60.9 Å². The Bertz CT molecular complexity index is 1240. The number of pyridine rings is 1. The van der Waals surface area contributed by atoms with E-state index in [1.165, 1.54) is 26.2 Å². The van der Waals surface area contributed by atoms with Crippen LogP contribution in [-0.2, 0) is 16.1 Å². The molecule has 0 spiro atoms. The van der Waals surface area contributed by atoms with Crippen LogP contribution in [0.25, 0.3) is 5.76 Å². The van der Waals surface area contributed by atoms with Gasteiger partial charge >= 0.3 is 0 Å². The average Bonchev–Trinajstić information content (AvgIpc) is 3.13. The van der Waals surface area contributed by atoms with E-state index in [2.05, 4.69) is 4.98 Å².